The Kier molecular flexibility index (Phi) is 6.93. The van der Waals surface area contributed by atoms with Crippen LogP contribution in [0.3, 0.4) is 0 Å². The van der Waals surface area contributed by atoms with Crippen LogP contribution < -0.4 is 10.0 Å². The van der Waals surface area contributed by atoms with Gasteiger partial charge in [-0.3, -0.25) is 9.52 Å². The number of hydrogen-bond acceptors (Lipinski definition) is 8. The van der Waals surface area contributed by atoms with Gasteiger partial charge in [0.1, 0.15) is 11.3 Å². The molecule has 0 atom stereocenters. The lowest BCUT2D eigenvalue weighted by Gasteiger charge is -2.11. The molecule has 3 rings (SSSR count). The molecule has 0 amide bonds. The quantitative estimate of drug-likeness (QED) is 0.358. The lowest BCUT2D eigenvalue weighted by Crippen LogP contribution is -2.12. The molecule has 0 aliphatic rings. The molecule has 1 aromatic heterocycles. The van der Waals surface area contributed by atoms with E-state index in [9.17, 15) is 13.5 Å². The third-order valence-corrected chi connectivity index (χ3v) is 5.27. The molecule has 0 saturated heterocycles. The van der Waals surface area contributed by atoms with E-state index in [1.807, 2.05) is 0 Å². The number of halogens is 1. The van der Waals surface area contributed by atoms with Crippen molar-refractivity contribution >= 4 is 55.9 Å². The Morgan fingerprint density at radius 3 is 2.52 bits per heavy atom. The van der Waals surface area contributed by atoms with Crippen molar-refractivity contribution in [3.63, 3.8) is 0 Å². The van der Waals surface area contributed by atoms with E-state index in [1.165, 1.54) is 17.6 Å². The monoisotopic (exact) mass is 428 g/mol. The van der Waals surface area contributed by atoms with E-state index in [0.29, 0.717) is 16.4 Å². The van der Waals surface area contributed by atoms with E-state index in [4.69, 9.17) is 21.5 Å². The molecule has 1 heterocycles. The predicted molar refractivity (Wildman–Crippen MR) is 102 cm³/mol. The lowest BCUT2D eigenvalue weighted by molar-refractivity contribution is -0.122. The Bertz CT molecular complexity index is 1010. The van der Waals surface area contributed by atoms with Gasteiger partial charge in [-0.2, -0.15) is 0 Å². The number of carboxylic acid groups (broad SMARTS) is 1. The number of anilines is 3. The van der Waals surface area contributed by atoms with Crippen molar-refractivity contribution in [1.82, 2.24) is 10.2 Å². The van der Waals surface area contributed by atoms with E-state index < -0.39 is 10.0 Å². The highest BCUT2D eigenvalue weighted by Crippen LogP contribution is 2.30. The van der Waals surface area contributed by atoms with Crippen LogP contribution in [0, 0.1) is 0 Å². The van der Waals surface area contributed by atoms with Gasteiger partial charge in [0.2, 0.25) is 5.13 Å². The van der Waals surface area contributed by atoms with Crippen molar-refractivity contribution in [2.24, 2.45) is 0 Å². The molecule has 0 bridgehead atoms. The summed E-state index contributed by atoms with van der Waals surface area (Å²) in [5.74, 6) is -0.213. The summed E-state index contributed by atoms with van der Waals surface area (Å²) in [4.78, 5) is 8.27. The minimum Gasteiger partial charge on any atom is -0.506 e. The molecule has 9 nitrogen and oxygen atoms in total. The molecule has 0 aliphatic carbocycles. The fraction of sp³-hybridized carbons (Fsp3) is 0. The van der Waals surface area contributed by atoms with Crippen molar-refractivity contribution < 1.29 is 23.4 Å². The van der Waals surface area contributed by atoms with Crippen LogP contribution in [0.1, 0.15) is 0 Å². The van der Waals surface area contributed by atoms with Gasteiger partial charge >= 0.3 is 0 Å². The van der Waals surface area contributed by atoms with Gasteiger partial charge in [0, 0.05) is 16.8 Å². The number of carbonyl (C=O) groups is 1. The first kappa shape index (κ1) is 20.4. The minimum absolute atomic E-state index is 0.0909. The van der Waals surface area contributed by atoms with Crippen LogP contribution in [0.25, 0.3) is 0 Å². The Labute approximate surface area is 163 Å². The van der Waals surface area contributed by atoms with E-state index in [2.05, 4.69) is 20.2 Å². The van der Waals surface area contributed by atoms with Crippen LogP contribution in [0.5, 0.6) is 5.75 Å². The molecule has 142 valence electrons. The number of nitrogens with zero attached hydrogens (tertiary/aromatic N) is 2. The van der Waals surface area contributed by atoms with Gasteiger partial charge in [-0.05, 0) is 30.3 Å². The van der Waals surface area contributed by atoms with Crippen molar-refractivity contribution in [2.75, 3.05) is 10.0 Å². The van der Waals surface area contributed by atoms with Crippen molar-refractivity contribution in [3.05, 3.63) is 53.0 Å². The summed E-state index contributed by atoms with van der Waals surface area (Å²) in [6.07, 6.45) is 0. The van der Waals surface area contributed by atoms with E-state index >= 15 is 0 Å². The molecule has 0 spiro atoms. The molecule has 2 aromatic carbocycles. The zero-order valence-corrected chi connectivity index (χ0v) is 15.8. The molecule has 0 unspecified atom stereocenters. The molecule has 27 heavy (non-hydrogen) atoms. The van der Waals surface area contributed by atoms with Crippen LogP contribution in [-0.4, -0.2) is 35.3 Å². The van der Waals surface area contributed by atoms with E-state index in [0.717, 1.165) is 17.4 Å². The molecular formula is C15H13ClN4O5S2. The van der Waals surface area contributed by atoms with E-state index in [-0.39, 0.29) is 22.2 Å². The first-order chi connectivity index (χ1) is 12.9. The van der Waals surface area contributed by atoms with Crippen molar-refractivity contribution in [2.45, 2.75) is 4.90 Å². The van der Waals surface area contributed by atoms with Gasteiger partial charge in [0.15, 0.2) is 0 Å². The smallest absolute Gasteiger partial charge is 0.290 e. The number of aromatic nitrogens is 2. The Morgan fingerprint density at radius 2 is 1.93 bits per heavy atom. The van der Waals surface area contributed by atoms with Gasteiger partial charge in [-0.15, -0.1) is 10.2 Å². The highest BCUT2D eigenvalue weighted by molar-refractivity contribution is 7.93. The van der Waals surface area contributed by atoms with Crippen LogP contribution in [0.4, 0.5) is 16.5 Å². The Hall–Kier alpha value is -2.89. The van der Waals surface area contributed by atoms with Gasteiger partial charge < -0.3 is 15.5 Å². The third kappa shape index (κ3) is 5.81. The maximum atomic E-state index is 12.2. The highest BCUT2D eigenvalue weighted by atomic mass is 35.5. The molecule has 0 fully saturated rings. The number of rotatable bonds is 5. The minimum atomic E-state index is -3.85. The molecule has 0 saturated carbocycles. The summed E-state index contributed by atoms with van der Waals surface area (Å²) in [7, 11) is -3.85. The standard InChI is InChI=1S/C14H11ClN4O3S2.CH2O2/c15-9-2-1-3-10(6-9)17-12-5-4-11(7-13(12)20)24(21,22)19-14-18-16-8-23-14;2-1-3/h1-8,17,20H,(H,18,19);1H,(H,2,3). The second kappa shape index (κ2) is 9.16. The van der Waals surface area contributed by atoms with Crippen LogP contribution >= 0.6 is 22.9 Å². The van der Waals surface area contributed by atoms with Gasteiger partial charge in [-0.25, -0.2) is 8.42 Å². The third-order valence-electron chi connectivity index (χ3n) is 2.96. The molecule has 0 radical (unpaired) electrons. The van der Waals surface area contributed by atoms with Crippen LogP contribution in [0.2, 0.25) is 5.02 Å². The summed E-state index contributed by atoms with van der Waals surface area (Å²) < 4.78 is 26.8. The summed E-state index contributed by atoms with van der Waals surface area (Å²) in [5, 5.41) is 27.8. The lowest BCUT2D eigenvalue weighted by atomic mass is 10.2. The largest absolute Gasteiger partial charge is 0.506 e. The van der Waals surface area contributed by atoms with Crippen LogP contribution in [-0.2, 0) is 14.8 Å². The topological polar surface area (TPSA) is 142 Å². The SMILES string of the molecule is O=CO.O=S(=O)(Nc1nncs1)c1ccc(Nc2cccc(Cl)c2)c(O)c1. The van der Waals surface area contributed by atoms with E-state index in [1.54, 1.807) is 24.3 Å². The number of nitrogens with one attached hydrogen (secondary N) is 2. The summed E-state index contributed by atoms with van der Waals surface area (Å²) >= 11 is 6.96. The number of hydrogen-bond donors (Lipinski definition) is 4. The fourth-order valence-electron chi connectivity index (χ4n) is 1.90. The number of sulfonamides is 1. The summed E-state index contributed by atoms with van der Waals surface area (Å²) in [6.45, 7) is -0.250. The zero-order chi connectivity index (χ0) is 19.9. The summed E-state index contributed by atoms with van der Waals surface area (Å²) in [5.41, 5.74) is 2.43. The van der Waals surface area contributed by atoms with Gasteiger partial charge in [-0.1, -0.05) is 29.0 Å². The van der Waals surface area contributed by atoms with Crippen molar-refractivity contribution in [1.29, 1.82) is 0 Å². The molecule has 0 aliphatic heterocycles. The number of benzene rings is 2. The summed E-state index contributed by atoms with van der Waals surface area (Å²) in [6, 6.07) is 10.9. The van der Waals surface area contributed by atoms with Gasteiger partial charge in [0.25, 0.3) is 16.5 Å². The second-order valence-electron chi connectivity index (χ2n) is 4.77. The average Bonchev–Trinajstić information content (AvgIpc) is 3.09. The highest BCUT2D eigenvalue weighted by Gasteiger charge is 2.17. The second-order valence-corrected chi connectivity index (χ2v) is 7.72. The van der Waals surface area contributed by atoms with Crippen LogP contribution in [0.15, 0.2) is 52.9 Å². The average molecular weight is 429 g/mol. The first-order valence-corrected chi connectivity index (χ1v) is 9.82. The maximum absolute atomic E-state index is 12.2. The Morgan fingerprint density at radius 1 is 1.19 bits per heavy atom. The number of aromatic hydroxyl groups is 1. The molecular weight excluding hydrogens is 416 g/mol. The van der Waals surface area contributed by atoms with Crippen molar-refractivity contribution in [3.8, 4) is 5.75 Å². The fourth-order valence-corrected chi connectivity index (χ4v) is 3.80. The predicted octanol–water partition coefficient (Wildman–Crippen LogP) is 3.14. The Balaban J connectivity index is 0.000000817. The van der Waals surface area contributed by atoms with Gasteiger partial charge in [0.05, 0.1) is 10.6 Å². The maximum Gasteiger partial charge on any atom is 0.290 e. The molecule has 3 aromatic rings. The number of phenols is 1. The first-order valence-electron chi connectivity index (χ1n) is 7.08. The zero-order valence-electron chi connectivity index (χ0n) is 13.4. The molecule has 4 N–H and O–H groups in total. The molecule has 12 heteroatoms. The normalized spacial score (nSPS) is 10.4. The number of phenolic OH excluding ortho intramolecular Hbond substituents is 1.